The van der Waals surface area contributed by atoms with E-state index in [0.717, 1.165) is 12.8 Å². The van der Waals surface area contributed by atoms with Crippen molar-refractivity contribution >= 4 is 5.78 Å². The Morgan fingerprint density at radius 1 is 1.50 bits per heavy atom. The molecule has 0 amide bonds. The lowest BCUT2D eigenvalue weighted by Crippen LogP contribution is -2.42. The van der Waals surface area contributed by atoms with Gasteiger partial charge in [0.15, 0.2) is 5.78 Å². The molecule has 0 saturated heterocycles. The van der Waals surface area contributed by atoms with Crippen molar-refractivity contribution in [3.8, 4) is 0 Å². The molecule has 1 fully saturated rings. The largest absolute Gasteiger partial charge is 0.494 e. The zero-order chi connectivity index (χ0) is 7.03. The Hall–Kier alpha value is -0.790. The van der Waals surface area contributed by atoms with Crippen LogP contribution in [0, 0.1) is 0 Å². The summed E-state index contributed by atoms with van der Waals surface area (Å²) in [4.78, 5) is 10.9. The van der Waals surface area contributed by atoms with Crippen molar-refractivity contribution in [2.24, 2.45) is 0 Å². The van der Waals surface area contributed by atoms with Crippen LogP contribution in [0.25, 0.3) is 0 Å². The molecule has 54 valence electrons. The van der Waals surface area contributed by atoms with Crippen LogP contribution in [0.15, 0.2) is 12.3 Å². The van der Waals surface area contributed by atoms with Crippen molar-refractivity contribution in [2.45, 2.75) is 31.3 Å². The van der Waals surface area contributed by atoms with E-state index in [1.54, 1.807) is 6.26 Å². The molecular weight excluding hydrogens is 128 g/mol. The van der Waals surface area contributed by atoms with Crippen LogP contribution in [-0.2, 0) is 9.53 Å². The Bertz CT molecular complexity index is 189. The van der Waals surface area contributed by atoms with E-state index in [0.29, 0.717) is 6.42 Å². The fourth-order valence-corrected chi connectivity index (χ4v) is 1.54. The maximum absolute atomic E-state index is 10.9. The average Bonchev–Trinajstić information content (AvgIpc) is 1.85. The molecular formula is C8H10O2. The molecule has 0 radical (unpaired) electrons. The topological polar surface area (TPSA) is 26.3 Å². The second-order valence-electron chi connectivity index (χ2n) is 3.10. The summed E-state index contributed by atoms with van der Waals surface area (Å²) in [5.74, 6) is 0.214. The van der Waals surface area contributed by atoms with Gasteiger partial charge < -0.3 is 4.74 Å². The Morgan fingerprint density at radius 2 is 2.30 bits per heavy atom. The van der Waals surface area contributed by atoms with Crippen molar-refractivity contribution in [2.75, 3.05) is 0 Å². The second-order valence-corrected chi connectivity index (χ2v) is 3.10. The number of carbonyl (C=O) groups excluding carboxylic acids is 1. The molecule has 2 rings (SSSR count). The first-order valence-electron chi connectivity index (χ1n) is 3.68. The fourth-order valence-electron chi connectivity index (χ4n) is 1.54. The van der Waals surface area contributed by atoms with Crippen LogP contribution < -0.4 is 0 Å². The highest BCUT2D eigenvalue weighted by Crippen LogP contribution is 2.40. The van der Waals surface area contributed by atoms with Gasteiger partial charge in [0.1, 0.15) is 5.60 Å². The molecule has 2 nitrogen and oxygen atoms in total. The molecule has 0 N–H and O–H groups in total. The first-order valence-corrected chi connectivity index (χ1v) is 3.68. The number of allylic oxidation sites excluding steroid dienone is 1. The molecule has 1 spiro atoms. The van der Waals surface area contributed by atoms with E-state index in [1.165, 1.54) is 12.5 Å². The molecule has 10 heavy (non-hydrogen) atoms. The first-order chi connectivity index (χ1) is 4.81. The summed E-state index contributed by atoms with van der Waals surface area (Å²) in [7, 11) is 0. The normalized spacial score (nSPS) is 27.8. The van der Waals surface area contributed by atoms with Gasteiger partial charge in [-0.05, 0) is 19.3 Å². The van der Waals surface area contributed by atoms with Gasteiger partial charge in [0.2, 0.25) is 0 Å². The third-order valence-electron chi connectivity index (χ3n) is 2.33. The number of ether oxygens (including phenoxy) is 1. The van der Waals surface area contributed by atoms with Gasteiger partial charge in [-0.2, -0.15) is 0 Å². The number of hydrogen-bond acceptors (Lipinski definition) is 2. The molecule has 1 aliphatic carbocycles. The molecule has 0 aromatic rings. The van der Waals surface area contributed by atoms with E-state index < -0.39 is 0 Å². The third-order valence-corrected chi connectivity index (χ3v) is 2.33. The van der Waals surface area contributed by atoms with E-state index in [4.69, 9.17) is 4.74 Å². The summed E-state index contributed by atoms with van der Waals surface area (Å²) in [6.45, 7) is 0. The maximum Gasteiger partial charge on any atom is 0.162 e. The van der Waals surface area contributed by atoms with Crippen LogP contribution >= 0.6 is 0 Å². The average molecular weight is 138 g/mol. The second kappa shape index (κ2) is 1.84. The van der Waals surface area contributed by atoms with Crippen LogP contribution in [0.4, 0.5) is 0 Å². The number of ketones is 1. The van der Waals surface area contributed by atoms with Gasteiger partial charge in [-0.15, -0.1) is 0 Å². The van der Waals surface area contributed by atoms with Gasteiger partial charge in [-0.25, -0.2) is 0 Å². The predicted molar refractivity (Wildman–Crippen MR) is 36.4 cm³/mol. The standard InChI is InChI=1S/C8H10O2/c9-7-2-5-10-8(6-7)3-1-4-8/h2,5H,1,3-4,6H2. The van der Waals surface area contributed by atoms with E-state index >= 15 is 0 Å². The highest BCUT2D eigenvalue weighted by atomic mass is 16.5. The summed E-state index contributed by atoms with van der Waals surface area (Å²) in [6.07, 6.45) is 6.99. The number of rotatable bonds is 0. The van der Waals surface area contributed by atoms with Crippen LogP contribution in [0.1, 0.15) is 25.7 Å². The maximum atomic E-state index is 10.9. The van der Waals surface area contributed by atoms with E-state index in [-0.39, 0.29) is 11.4 Å². The highest BCUT2D eigenvalue weighted by Gasteiger charge is 2.41. The van der Waals surface area contributed by atoms with E-state index in [1.807, 2.05) is 0 Å². The van der Waals surface area contributed by atoms with Crippen LogP contribution in [0.2, 0.25) is 0 Å². The quantitative estimate of drug-likeness (QED) is 0.506. The van der Waals surface area contributed by atoms with Gasteiger partial charge in [0.25, 0.3) is 0 Å². The molecule has 1 heterocycles. The molecule has 0 unspecified atom stereocenters. The van der Waals surface area contributed by atoms with Gasteiger partial charge in [0, 0.05) is 6.08 Å². The smallest absolute Gasteiger partial charge is 0.162 e. The number of carbonyl (C=O) groups is 1. The van der Waals surface area contributed by atoms with Crippen LogP contribution in [0.5, 0.6) is 0 Å². The molecule has 1 aliphatic heterocycles. The zero-order valence-electron chi connectivity index (χ0n) is 5.80. The molecule has 0 bridgehead atoms. The minimum atomic E-state index is -0.0637. The van der Waals surface area contributed by atoms with Gasteiger partial charge in [-0.1, -0.05) is 0 Å². The van der Waals surface area contributed by atoms with Crippen molar-refractivity contribution < 1.29 is 9.53 Å². The molecule has 0 aromatic carbocycles. The van der Waals surface area contributed by atoms with Crippen molar-refractivity contribution in [3.63, 3.8) is 0 Å². The summed E-state index contributed by atoms with van der Waals surface area (Å²) < 4.78 is 5.37. The lowest BCUT2D eigenvalue weighted by Gasteiger charge is -2.41. The van der Waals surface area contributed by atoms with Gasteiger partial charge in [-0.3, -0.25) is 4.79 Å². The highest BCUT2D eigenvalue weighted by molar-refractivity contribution is 5.90. The fraction of sp³-hybridized carbons (Fsp3) is 0.625. The van der Waals surface area contributed by atoms with Gasteiger partial charge in [0.05, 0.1) is 12.7 Å². The molecule has 2 aliphatic rings. The molecule has 2 heteroatoms. The lowest BCUT2D eigenvalue weighted by atomic mass is 9.76. The summed E-state index contributed by atoms with van der Waals surface area (Å²) in [6, 6.07) is 0. The minimum absolute atomic E-state index is 0.0637. The molecule has 0 aromatic heterocycles. The first kappa shape index (κ1) is 5.96. The SMILES string of the molecule is O=C1C=COC2(CCC2)C1. The van der Waals surface area contributed by atoms with Crippen LogP contribution in [0.3, 0.4) is 0 Å². The minimum Gasteiger partial charge on any atom is -0.494 e. The lowest BCUT2D eigenvalue weighted by molar-refractivity contribution is -0.128. The van der Waals surface area contributed by atoms with Crippen LogP contribution in [-0.4, -0.2) is 11.4 Å². The Labute approximate surface area is 59.9 Å². The summed E-state index contributed by atoms with van der Waals surface area (Å²) in [5.41, 5.74) is -0.0637. The van der Waals surface area contributed by atoms with Crippen molar-refractivity contribution in [3.05, 3.63) is 12.3 Å². The Kier molecular flexibility index (Phi) is 1.10. The Balaban J connectivity index is 2.13. The molecule has 0 atom stereocenters. The van der Waals surface area contributed by atoms with Crippen molar-refractivity contribution in [1.82, 2.24) is 0 Å². The van der Waals surface area contributed by atoms with Gasteiger partial charge >= 0.3 is 0 Å². The summed E-state index contributed by atoms with van der Waals surface area (Å²) >= 11 is 0. The number of hydrogen-bond donors (Lipinski definition) is 0. The predicted octanol–water partition coefficient (Wildman–Crippen LogP) is 1.41. The Morgan fingerprint density at radius 3 is 2.70 bits per heavy atom. The summed E-state index contributed by atoms with van der Waals surface area (Å²) in [5, 5.41) is 0. The molecule has 1 saturated carbocycles. The third kappa shape index (κ3) is 0.753. The van der Waals surface area contributed by atoms with Crippen molar-refractivity contribution in [1.29, 1.82) is 0 Å². The zero-order valence-corrected chi connectivity index (χ0v) is 5.80. The van der Waals surface area contributed by atoms with E-state index in [2.05, 4.69) is 0 Å². The monoisotopic (exact) mass is 138 g/mol. The van der Waals surface area contributed by atoms with E-state index in [9.17, 15) is 4.79 Å².